The molecule has 1 aromatic carbocycles. The second kappa shape index (κ2) is 10.5. The van der Waals surface area contributed by atoms with Gasteiger partial charge in [0.2, 0.25) is 11.8 Å². The van der Waals surface area contributed by atoms with Crippen LogP contribution in [0.2, 0.25) is 0 Å². The molecule has 142 valence electrons. The minimum absolute atomic E-state index is 0. The van der Waals surface area contributed by atoms with Crippen molar-refractivity contribution in [2.45, 2.75) is 36.0 Å². The number of nitrogens with zero attached hydrogens (tertiary/aromatic N) is 1. The van der Waals surface area contributed by atoms with Gasteiger partial charge in [0, 0.05) is 21.7 Å². The van der Waals surface area contributed by atoms with Crippen LogP contribution in [0.5, 0.6) is 0 Å². The summed E-state index contributed by atoms with van der Waals surface area (Å²) in [7, 11) is 0. The molecule has 1 atom stereocenters. The molecule has 0 radical (unpaired) electrons. The van der Waals surface area contributed by atoms with Gasteiger partial charge in [0.1, 0.15) is 0 Å². The Morgan fingerprint density at radius 2 is 1.92 bits per heavy atom. The first-order valence-corrected chi connectivity index (χ1v) is 9.58. The molecule has 0 spiro atoms. The molecule has 0 saturated carbocycles. The van der Waals surface area contributed by atoms with E-state index in [0.29, 0.717) is 5.69 Å². The van der Waals surface area contributed by atoms with Gasteiger partial charge >= 0.3 is 0 Å². The maximum atomic E-state index is 11.9. The van der Waals surface area contributed by atoms with E-state index in [0.717, 1.165) is 14.9 Å². The number of anilines is 1. The van der Waals surface area contributed by atoms with Gasteiger partial charge in [0.05, 0.1) is 12.6 Å². The highest BCUT2D eigenvalue weighted by molar-refractivity contribution is 8.01. The summed E-state index contributed by atoms with van der Waals surface area (Å²) in [5.74, 6) is -0.592. The van der Waals surface area contributed by atoms with Gasteiger partial charge in [-0.05, 0) is 37.1 Å². The fourth-order valence-corrected chi connectivity index (χ4v) is 3.69. The number of halogens is 1. The van der Waals surface area contributed by atoms with Gasteiger partial charge in [-0.3, -0.25) is 9.59 Å². The van der Waals surface area contributed by atoms with Gasteiger partial charge < -0.3 is 16.4 Å². The standard InChI is InChI=1S/C17H22N4O2S2.ClH/c1-10(2)15(18)16(23)19-8-14(22)21-12-4-6-13(7-5-12)25-17-20-11(3)9-24-17;/h4-7,9-10,15H,8,18H2,1-3H3,(H,19,23)(H,21,22);1H/t15-;/m0./s1. The molecule has 6 nitrogen and oxygen atoms in total. The summed E-state index contributed by atoms with van der Waals surface area (Å²) in [5, 5.41) is 7.30. The van der Waals surface area contributed by atoms with E-state index in [1.165, 1.54) is 0 Å². The van der Waals surface area contributed by atoms with Gasteiger partial charge in [-0.15, -0.1) is 23.7 Å². The zero-order valence-corrected chi connectivity index (χ0v) is 17.3. The lowest BCUT2D eigenvalue weighted by atomic mass is 10.1. The molecule has 1 heterocycles. The van der Waals surface area contributed by atoms with Crippen LogP contribution in [-0.4, -0.2) is 29.4 Å². The average molecular weight is 415 g/mol. The number of nitrogens with one attached hydrogen (secondary N) is 2. The molecule has 9 heteroatoms. The highest BCUT2D eigenvalue weighted by Gasteiger charge is 2.17. The lowest BCUT2D eigenvalue weighted by Crippen LogP contribution is -2.46. The van der Waals surface area contributed by atoms with Crippen LogP contribution in [0.15, 0.2) is 38.9 Å². The van der Waals surface area contributed by atoms with Crippen LogP contribution in [0.1, 0.15) is 19.5 Å². The summed E-state index contributed by atoms with van der Waals surface area (Å²) < 4.78 is 0.985. The first-order chi connectivity index (χ1) is 11.8. The Balaban J connectivity index is 0.00000338. The van der Waals surface area contributed by atoms with E-state index in [1.807, 2.05) is 50.4 Å². The third-order valence-corrected chi connectivity index (χ3v) is 5.45. The normalized spacial score (nSPS) is 11.6. The molecule has 0 fully saturated rings. The molecule has 4 N–H and O–H groups in total. The number of aromatic nitrogens is 1. The Kier molecular flexibility index (Phi) is 9.07. The van der Waals surface area contributed by atoms with Crippen LogP contribution in [0.25, 0.3) is 0 Å². The maximum Gasteiger partial charge on any atom is 0.243 e. The average Bonchev–Trinajstić information content (AvgIpc) is 2.98. The van der Waals surface area contributed by atoms with Crippen LogP contribution in [0.4, 0.5) is 5.69 Å². The van der Waals surface area contributed by atoms with Crippen molar-refractivity contribution >= 4 is 53.0 Å². The van der Waals surface area contributed by atoms with Crippen molar-refractivity contribution in [3.8, 4) is 0 Å². The van der Waals surface area contributed by atoms with Crippen LogP contribution in [0.3, 0.4) is 0 Å². The number of hydrogen-bond donors (Lipinski definition) is 3. The van der Waals surface area contributed by atoms with Crippen LogP contribution >= 0.6 is 35.5 Å². The topological polar surface area (TPSA) is 97.1 Å². The van der Waals surface area contributed by atoms with Crippen molar-refractivity contribution in [2.24, 2.45) is 11.7 Å². The molecule has 0 saturated heterocycles. The Bertz CT molecular complexity index is 735. The predicted octanol–water partition coefficient (Wildman–Crippen LogP) is 3.06. The molecule has 2 rings (SSSR count). The second-order valence-corrected chi connectivity index (χ2v) is 8.10. The van der Waals surface area contributed by atoms with Crippen molar-refractivity contribution in [2.75, 3.05) is 11.9 Å². The smallest absolute Gasteiger partial charge is 0.243 e. The first kappa shape index (κ1) is 22.4. The zero-order chi connectivity index (χ0) is 18.4. The summed E-state index contributed by atoms with van der Waals surface area (Å²) in [4.78, 5) is 29.1. The predicted molar refractivity (Wildman–Crippen MR) is 109 cm³/mol. The first-order valence-electron chi connectivity index (χ1n) is 7.88. The highest BCUT2D eigenvalue weighted by Crippen LogP contribution is 2.30. The molecule has 2 amide bonds. The lowest BCUT2D eigenvalue weighted by Gasteiger charge is -2.15. The quantitative estimate of drug-likeness (QED) is 0.646. The fraction of sp³-hybridized carbons (Fsp3) is 0.353. The van der Waals surface area contributed by atoms with Gasteiger partial charge in [-0.2, -0.15) is 0 Å². The van der Waals surface area contributed by atoms with E-state index in [1.54, 1.807) is 23.1 Å². The maximum absolute atomic E-state index is 11.9. The minimum atomic E-state index is -0.612. The summed E-state index contributed by atoms with van der Waals surface area (Å²) in [6.45, 7) is 5.58. The van der Waals surface area contributed by atoms with Crippen LogP contribution in [0, 0.1) is 12.8 Å². The van der Waals surface area contributed by atoms with Crippen LogP contribution in [-0.2, 0) is 9.59 Å². The molecule has 26 heavy (non-hydrogen) atoms. The van der Waals surface area contributed by atoms with Crippen molar-refractivity contribution < 1.29 is 9.59 Å². The van der Waals surface area contributed by atoms with Gasteiger partial charge in [0.25, 0.3) is 0 Å². The Labute approximate surface area is 167 Å². The molecule has 0 aliphatic heterocycles. The third-order valence-electron chi connectivity index (χ3n) is 3.39. The fourth-order valence-electron chi connectivity index (χ4n) is 1.88. The number of carbonyl (C=O) groups excluding carboxylic acids is 2. The molecule has 1 aromatic heterocycles. The van der Waals surface area contributed by atoms with E-state index in [2.05, 4.69) is 15.6 Å². The number of aryl methyl sites for hydroxylation is 1. The van der Waals surface area contributed by atoms with Crippen molar-refractivity contribution in [3.63, 3.8) is 0 Å². The number of benzene rings is 1. The summed E-state index contributed by atoms with van der Waals surface area (Å²) in [6.07, 6.45) is 0. The van der Waals surface area contributed by atoms with Crippen molar-refractivity contribution in [1.29, 1.82) is 0 Å². The van der Waals surface area contributed by atoms with Crippen molar-refractivity contribution in [1.82, 2.24) is 10.3 Å². The van der Waals surface area contributed by atoms with Gasteiger partial charge in [-0.1, -0.05) is 25.6 Å². The van der Waals surface area contributed by atoms with E-state index < -0.39 is 6.04 Å². The molecule has 0 aliphatic carbocycles. The van der Waals surface area contributed by atoms with Gasteiger partial charge in [-0.25, -0.2) is 4.98 Å². The number of hydrogen-bond acceptors (Lipinski definition) is 6. The van der Waals surface area contributed by atoms with E-state index in [-0.39, 0.29) is 36.7 Å². The summed E-state index contributed by atoms with van der Waals surface area (Å²) in [6, 6.07) is 6.87. The lowest BCUT2D eigenvalue weighted by molar-refractivity contribution is -0.125. The molecule has 0 unspecified atom stereocenters. The molecule has 0 aliphatic rings. The summed E-state index contributed by atoms with van der Waals surface area (Å²) >= 11 is 3.18. The number of amides is 2. The van der Waals surface area contributed by atoms with E-state index >= 15 is 0 Å². The monoisotopic (exact) mass is 414 g/mol. The third kappa shape index (κ3) is 6.95. The SMILES string of the molecule is Cc1csc(Sc2ccc(NC(=O)CNC(=O)[C@@H](N)C(C)C)cc2)n1.Cl. The Morgan fingerprint density at radius 1 is 1.27 bits per heavy atom. The highest BCUT2D eigenvalue weighted by atomic mass is 35.5. The zero-order valence-electron chi connectivity index (χ0n) is 14.8. The number of thiazole rings is 1. The largest absolute Gasteiger partial charge is 0.346 e. The van der Waals surface area contributed by atoms with E-state index in [9.17, 15) is 9.59 Å². The summed E-state index contributed by atoms with van der Waals surface area (Å²) in [5.41, 5.74) is 7.41. The molecular formula is C17H23ClN4O2S2. The second-order valence-electron chi connectivity index (χ2n) is 5.92. The Morgan fingerprint density at radius 3 is 2.46 bits per heavy atom. The molecular weight excluding hydrogens is 392 g/mol. The minimum Gasteiger partial charge on any atom is -0.346 e. The number of rotatable bonds is 7. The molecule has 0 bridgehead atoms. The van der Waals surface area contributed by atoms with Crippen molar-refractivity contribution in [3.05, 3.63) is 35.3 Å². The van der Waals surface area contributed by atoms with Gasteiger partial charge in [0.15, 0.2) is 4.34 Å². The number of nitrogens with two attached hydrogens (primary N) is 1. The number of carbonyl (C=O) groups is 2. The van der Waals surface area contributed by atoms with E-state index in [4.69, 9.17) is 5.73 Å². The Hall–Kier alpha value is -1.61. The molecule has 2 aromatic rings. The van der Waals surface area contributed by atoms with Crippen LogP contribution < -0.4 is 16.4 Å².